The van der Waals surface area contributed by atoms with E-state index in [-0.39, 0.29) is 11.8 Å². The second-order valence-electron chi connectivity index (χ2n) is 6.65. The van der Waals surface area contributed by atoms with E-state index in [0.717, 1.165) is 11.5 Å². The number of anilines is 1. The lowest BCUT2D eigenvalue weighted by atomic mass is 10.1. The first-order valence-corrected chi connectivity index (χ1v) is 11.4. The van der Waals surface area contributed by atoms with Crippen LogP contribution >= 0.6 is 23.1 Å². The van der Waals surface area contributed by atoms with Crippen molar-refractivity contribution >= 4 is 40.6 Å². The summed E-state index contributed by atoms with van der Waals surface area (Å²) < 4.78 is 0. The maximum absolute atomic E-state index is 12.7. The fraction of sp³-hybridized carbons (Fsp3) is 0.217. The molecular formula is C23H24N2O2S2. The van der Waals surface area contributed by atoms with Crippen LogP contribution in [0.15, 0.2) is 66.0 Å². The van der Waals surface area contributed by atoms with Crippen molar-refractivity contribution in [3.8, 4) is 0 Å². The summed E-state index contributed by atoms with van der Waals surface area (Å²) in [6.07, 6.45) is 0. The molecule has 0 unspecified atom stereocenters. The molecule has 1 aromatic heterocycles. The second kappa shape index (κ2) is 10.3. The number of rotatable bonds is 8. The lowest BCUT2D eigenvalue weighted by Crippen LogP contribution is -2.31. The maximum atomic E-state index is 12.7. The normalized spacial score (nSPS) is 10.6. The molecule has 2 aromatic carbocycles. The maximum Gasteiger partial charge on any atom is 0.268 e. The van der Waals surface area contributed by atoms with E-state index in [1.54, 1.807) is 37.0 Å². The van der Waals surface area contributed by atoms with E-state index in [0.29, 0.717) is 22.7 Å². The molecule has 0 bridgehead atoms. The minimum Gasteiger partial charge on any atom is -0.351 e. The summed E-state index contributed by atoms with van der Waals surface area (Å²) in [5.41, 5.74) is 3.65. The highest BCUT2D eigenvalue weighted by Crippen LogP contribution is 2.22. The number of nitrogens with one attached hydrogen (secondary N) is 1. The highest BCUT2D eigenvalue weighted by molar-refractivity contribution is 7.98. The molecule has 0 saturated carbocycles. The van der Waals surface area contributed by atoms with Crippen molar-refractivity contribution in [2.75, 3.05) is 24.2 Å². The molecule has 3 rings (SSSR count). The Hall–Kier alpha value is -2.57. The Morgan fingerprint density at radius 3 is 2.52 bits per heavy atom. The van der Waals surface area contributed by atoms with Gasteiger partial charge in [-0.2, -0.15) is 11.8 Å². The minimum absolute atomic E-state index is 0.117. The summed E-state index contributed by atoms with van der Waals surface area (Å²) in [5, 5.41) is 4.84. The van der Waals surface area contributed by atoms with Crippen molar-refractivity contribution in [2.24, 2.45) is 0 Å². The van der Waals surface area contributed by atoms with E-state index in [9.17, 15) is 9.59 Å². The van der Waals surface area contributed by atoms with E-state index in [1.165, 1.54) is 27.4 Å². The lowest BCUT2D eigenvalue weighted by Gasteiger charge is -2.19. The van der Waals surface area contributed by atoms with Crippen LogP contribution in [0.1, 0.15) is 31.2 Å². The number of aryl methyl sites for hydroxylation is 1. The monoisotopic (exact) mass is 424 g/mol. The number of nitrogens with zero attached hydrogens (tertiary/aromatic N) is 1. The first-order valence-electron chi connectivity index (χ1n) is 9.38. The zero-order valence-corrected chi connectivity index (χ0v) is 18.2. The van der Waals surface area contributed by atoms with Crippen LogP contribution in [0.2, 0.25) is 0 Å². The Balaban J connectivity index is 1.54. The van der Waals surface area contributed by atoms with Gasteiger partial charge in [0.15, 0.2) is 0 Å². The van der Waals surface area contributed by atoms with Crippen molar-refractivity contribution in [1.82, 2.24) is 5.32 Å². The average Bonchev–Trinajstić information content (AvgIpc) is 3.28. The van der Waals surface area contributed by atoms with Crippen molar-refractivity contribution in [3.63, 3.8) is 0 Å². The van der Waals surface area contributed by atoms with Crippen molar-refractivity contribution in [2.45, 2.75) is 12.7 Å². The third-order valence-electron chi connectivity index (χ3n) is 4.47. The number of hydrogen-bond acceptors (Lipinski definition) is 4. The molecule has 6 heteroatoms. The van der Waals surface area contributed by atoms with Crippen LogP contribution in [0.5, 0.6) is 0 Å². The molecular weight excluding hydrogens is 400 g/mol. The Kier molecular flexibility index (Phi) is 7.49. The molecule has 3 aromatic rings. The predicted octanol–water partition coefficient (Wildman–Crippen LogP) is 5.00. The lowest BCUT2D eigenvalue weighted by molar-refractivity contribution is 0.0956. The van der Waals surface area contributed by atoms with Crippen LogP contribution in [-0.4, -0.2) is 31.2 Å². The molecule has 1 N–H and O–H groups in total. The van der Waals surface area contributed by atoms with Crippen LogP contribution in [0.25, 0.3) is 0 Å². The molecule has 0 atom stereocenters. The Morgan fingerprint density at radius 2 is 1.79 bits per heavy atom. The molecule has 0 saturated heterocycles. The number of benzene rings is 2. The van der Waals surface area contributed by atoms with Gasteiger partial charge in [-0.1, -0.05) is 48.0 Å². The van der Waals surface area contributed by atoms with Gasteiger partial charge in [0.2, 0.25) is 0 Å². The Morgan fingerprint density at radius 1 is 1.03 bits per heavy atom. The predicted molar refractivity (Wildman–Crippen MR) is 123 cm³/mol. The quantitative estimate of drug-likeness (QED) is 0.518. The van der Waals surface area contributed by atoms with E-state index in [2.05, 4.69) is 36.5 Å². The third kappa shape index (κ3) is 5.71. The molecule has 0 aliphatic heterocycles. The Labute approximate surface area is 179 Å². The van der Waals surface area contributed by atoms with Gasteiger partial charge >= 0.3 is 0 Å². The van der Waals surface area contributed by atoms with Gasteiger partial charge in [-0.15, -0.1) is 11.3 Å². The van der Waals surface area contributed by atoms with Crippen LogP contribution in [0, 0.1) is 6.92 Å². The van der Waals surface area contributed by atoms with Crippen molar-refractivity contribution in [3.05, 3.63) is 87.6 Å². The molecule has 0 aliphatic rings. The van der Waals surface area contributed by atoms with Crippen molar-refractivity contribution < 1.29 is 9.59 Å². The number of carbonyl (C=O) groups is 2. The van der Waals surface area contributed by atoms with Crippen LogP contribution in [0.4, 0.5) is 5.69 Å². The van der Waals surface area contributed by atoms with Gasteiger partial charge in [-0.25, -0.2) is 0 Å². The van der Waals surface area contributed by atoms with Crippen LogP contribution < -0.4 is 10.2 Å². The zero-order valence-electron chi connectivity index (χ0n) is 16.6. The molecule has 0 radical (unpaired) electrons. The standard InChI is InChI=1S/C23H24N2O2S2/c1-17-9-11-18(12-10-17)16-28-15-13-24-22(26)19-6-3-4-7-20(19)25(2)23(27)21-8-5-14-29-21/h3-12,14H,13,15-16H2,1-2H3,(H,24,26). The number of thioether (sulfide) groups is 1. The highest BCUT2D eigenvalue weighted by atomic mass is 32.2. The number of carbonyl (C=O) groups excluding carboxylic acids is 2. The molecule has 0 spiro atoms. The van der Waals surface area contributed by atoms with E-state index < -0.39 is 0 Å². The van der Waals surface area contributed by atoms with Gasteiger partial charge in [0, 0.05) is 25.1 Å². The second-order valence-corrected chi connectivity index (χ2v) is 8.71. The highest BCUT2D eigenvalue weighted by Gasteiger charge is 2.19. The van der Waals surface area contributed by atoms with Gasteiger partial charge in [0.1, 0.15) is 0 Å². The van der Waals surface area contributed by atoms with Gasteiger partial charge in [-0.3, -0.25) is 9.59 Å². The first kappa shape index (κ1) is 21.1. The number of hydrogen-bond donors (Lipinski definition) is 1. The summed E-state index contributed by atoms with van der Waals surface area (Å²) in [6, 6.07) is 19.3. The SMILES string of the molecule is Cc1ccc(CSCCNC(=O)c2ccccc2N(C)C(=O)c2cccs2)cc1. The molecule has 0 aliphatic carbocycles. The fourth-order valence-corrected chi connectivity index (χ4v) is 4.36. The smallest absolute Gasteiger partial charge is 0.268 e. The molecule has 2 amide bonds. The number of thiophene rings is 1. The minimum atomic E-state index is -0.164. The molecule has 0 fully saturated rings. The number of para-hydroxylation sites is 1. The van der Waals surface area contributed by atoms with Gasteiger partial charge in [-0.05, 0) is 36.1 Å². The molecule has 29 heavy (non-hydrogen) atoms. The van der Waals surface area contributed by atoms with E-state index in [1.807, 2.05) is 23.6 Å². The largest absolute Gasteiger partial charge is 0.351 e. The number of amides is 2. The summed E-state index contributed by atoms with van der Waals surface area (Å²) in [7, 11) is 1.70. The summed E-state index contributed by atoms with van der Waals surface area (Å²) >= 11 is 3.18. The summed E-state index contributed by atoms with van der Waals surface area (Å²) in [4.78, 5) is 27.5. The molecule has 150 valence electrons. The fourth-order valence-electron chi connectivity index (χ4n) is 2.84. The van der Waals surface area contributed by atoms with Gasteiger partial charge in [0.05, 0.1) is 16.1 Å². The van der Waals surface area contributed by atoms with E-state index >= 15 is 0 Å². The van der Waals surface area contributed by atoms with Crippen LogP contribution in [0.3, 0.4) is 0 Å². The van der Waals surface area contributed by atoms with Crippen molar-refractivity contribution in [1.29, 1.82) is 0 Å². The molecule has 1 heterocycles. The zero-order chi connectivity index (χ0) is 20.6. The summed E-state index contributed by atoms with van der Waals surface area (Å²) in [5.74, 6) is 1.47. The third-order valence-corrected chi connectivity index (χ3v) is 6.36. The average molecular weight is 425 g/mol. The topological polar surface area (TPSA) is 49.4 Å². The molecule has 4 nitrogen and oxygen atoms in total. The summed E-state index contributed by atoms with van der Waals surface area (Å²) in [6.45, 7) is 2.65. The van der Waals surface area contributed by atoms with Gasteiger partial charge < -0.3 is 10.2 Å². The van der Waals surface area contributed by atoms with Gasteiger partial charge in [0.25, 0.3) is 11.8 Å². The first-order chi connectivity index (χ1) is 14.1. The van der Waals surface area contributed by atoms with Crippen LogP contribution in [-0.2, 0) is 5.75 Å². The van der Waals surface area contributed by atoms with E-state index in [4.69, 9.17) is 0 Å². The Bertz CT molecular complexity index is 953.